The van der Waals surface area contributed by atoms with E-state index >= 15 is 0 Å². The van der Waals surface area contributed by atoms with Crippen molar-refractivity contribution in [2.45, 2.75) is 45.6 Å². The van der Waals surface area contributed by atoms with Crippen LogP contribution < -0.4 is 11.1 Å². The van der Waals surface area contributed by atoms with E-state index in [1.54, 1.807) is 11.3 Å². The van der Waals surface area contributed by atoms with Crippen LogP contribution in [0.2, 0.25) is 0 Å². The van der Waals surface area contributed by atoms with Gasteiger partial charge in [0.1, 0.15) is 5.82 Å². The number of hydrogen-bond donors (Lipinski definition) is 3. The van der Waals surface area contributed by atoms with Crippen LogP contribution in [0.1, 0.15) is 38.2 Å². The maximum Gasteiger partial charge on any atom is 0.222 e. The number of aliphatic hydroxyl groups is 1. The Morgan fingerprint density at radius 1 is 1.40 bits per heavy atom. The molecule has 0 unspecified atom stereocenters. The van der Waals surface area contributed by atoms with E-state index in [2.05, 4.69) is 27.6 Å². The summed E-state index contributed by atoms with van der Waals surface area (Å²) in [5, 5.41) is 14.7. The largest absolute Gasteiger partial charge is 0.396 e. The van der Waals surface area contributed by atoms with Crippen molar-refractivity contribution in [2.75, 3.05) is 17.7 Å². The Balaban J connectivity index is 2.26. The number of hydrogen-bond acceptors (Lipinski definition) is 6. The number of aromatic nitrogens is 2. The minimum absolute atomic E-state index is 0.175. The summed E-state index contributed by atoms with van der Waals surface area (Å²) in [5.74, 6) is 1.08. The van der Waals surface area contributed by atoms with Crippen LogP contribution >= 0.6 is 11.3 Å². The molecule has 0 aliphatic heterocycles. The van der Waals surface area contributed by atoms with Gasteiger partial charge in [-0.2, -0.15) is 4.98 Å². The number of thiophene rings is 1. The van der Waals surface area contributed by atoms with Crippen LogP contribution in [0.3, 0.4) is 0 Å². The molecule has 0 aliphatic rings. The zero-order valence-electron chi connectivity index (χ0n) is 12.0. The fourth-order valence-corrected chi connectivity index (χ4v) is 3.18. The molecule has 2 aromatic heterocycles. The Bertz CT molecular complexity index is 570. The van der Waals surface area contributed by atoms with E-state index in [0.29, 0.717) is 5.95 Å². The molecule has 20 heavy (non-hydrogen) atoms. The van der Waals surface area contributed by atoms with Crippen molar-refractivity contribution >= 4 is 33.3 Å². The molecule has 2 rings (SSSR count). The highest BCUT2D eigenvalue weighted by molar-refractivity contribution is 7.18. The third-order valence-electron chi connectivity index (χ3n) is 3.33. The van der Waals surface area contributed by atoms with Gasteiger partial charge in [0.25, 0.3) is 0 Å². The summed E-state index contributed by atoms with van der Waals surface area (Å²) in [4.78, 5) is 8.63. The topological polar surface area (TPSA) is 84.1 Å². The van der Waals surface area contributed by atoms with Gasteiger partial charge in [-0.25, -0.2) is 4.98 Å². The van der Waals surface area contributed by atoms with Crippen molar-refractivity contribution in [2.24, 2.45) is 0 Å². The van der Waals surface area contributed by atoms with Crippen molar-refractivity contribution in [1.29, 1.82) is 0 Å². The van der Waals surface area contributed by atoms with E-state index in [-0.39, 0.29) is 12.6 Å². The average molecular weight is 294 g/mol. The number of rotatable bonds is 7. The van der Waals surface area contributed by atoms with Gasteiger partial charge in [-0.3, -0.25) is 0 Å². The average Bonchev–Trinajstić information content (AvgIpc) is 2.78. The van der Waals surface area contributed by atoms with Gasteiger partial charge in [0.05, 0.1) is 10.2 Å². The van der Waals surface area contributed by atoms with Crippen molar-refractivity contribution in [3.05, 3.63) is 10.9 Å². The Kier molecular flexibility index (Phi) is 5.14. The zero-order chi connectivity index (χ0) is 14.5. The van der Waals surface area contributed by atoms with Crippen LogP contribution in [0.4, 0.5) is 11.8 Å². The summed E-state index contributed by atoms with van der Waals surface area (Å²) < 4.78 is 1.04. The minimum atomic E-state index is 0.175. The van der Waals surface area contributed by atoms with Crippen LogP contribution in [0.15, 0.2) is 5.38 Å². The van der Waals surface area contributed by atoms with E-state index in [9.17, 15) is 5.11 Å². The molecule has 6 heteroatoms. The molecule has 0 saturated carbocycles. The molecule has 5 nitrogen and oxygen atoms in total. The smallest absolute Gasteiger partial charge is 0.222 e. The lowest BCUT2D eigenvalue weighted by Gasteiger charge is -2.18. The van der Waals surface area contributed by atoms with Crippen LogP contribution in [0, 0.1) is 6.92 Å². The molecular formula is C14H22N4OS. The monoisotopic (exact) mass is 294 g/mol. The molecule has 1 atom stereocenters. The molecule has 0 aromatic carbocycles. The second-order valence-corrected chi connectivity index (χ2v) is 5.90. The van der Waals surface area contributed by atoms with Crippen LogP contribution in [0.5, 0.6) is 0 Å². The van der Waals surface area contributed by atoms with E-state index < -0.39 is 0 Å². The van der Waals surface area contributed by atoms with Crippen molar-refractivity contribution in [3.63, 3.8) is 0 Å². The highest BCUT2D eigenvalue weighted by atomic mass is 32.1. The normalized spacial score (nSPS) is 12.8. The molecular weight excluding hydrogens is 272 g/mol. The number of unbranched alkanes of at least 4 members (excludes halogenated alkanes) is 1. The molecule has 0 saturated heterocycles. The predicted molar refractivity (Wildman–Crippen MR) is 85.2 cm³/mol. The predicted octanol–water partition coefficient (Wildman–Crippen LogP) is 2.94. The third-order valence-corrected chi connectivity index (χ3v) is 4.43. The fraction of sp³-hybridized carbons (Fsp3) is 0.571. The maximum atomic E-state index is 9.19. The quantitative estimate of drug-likeness (QED) is 0.731. The van der Waals surface area contributed by atoms with Crippen molar-refractivity contribution < 1.29 is 5.11 Å². The molecule has 0 amide bonds. The lowest BCUT2D eigenvalue weighted by atomic mass is 10.1. The summed E-state index contributed by atoms with van der Waals surface area (Å²) in [7, 11) is 0. The molecule has 110 valence electrons. The SMILES string of the molecule is CCCC[C@@H](CCO)Nc1nc(N)nc2c(C)csc12. The zero-order valence-corrected chi connectivity index (χ0v) is 12.8. The Morgan fingerprint density at radius 3 is 2.90 bits per heavy atom. The number of fused-ring (bicyclic) bond motifs is 1. The lowest BCUT2D eigenvalue weighted by molar-refractivity contribution is 0.276. The number of nitrogens with one attached hydrogen (secondary N) is 1. The lowest BCUT2D eigenvalue weighted by Crippen LogP contribution is -2.22. The number of nitrogens with zero attached hydrogens (tertiary/aromatic N) is 2. The van der Waals surface area contributed by atoms with Gasteiger partial charge >= 0.3 is 0 Å². The molecule has 0 spiro atoms. The number of anilines is 2. The number of nitrogens with two attached hydrogens (primary N) is 1. The van der Waals surface area contributed by atoms with E-state index in [1.165, 1.54) is 0 Å². The van der Waals surface area contributed by atoms with Gasteiger partial charge < -0.3 is 16.2 Å². The van der Waals surface area contributed by atoms with Gasteiger partial charge in [-0.1, -0.05) is 19.8 Å². The van der Waals surface area contributed by atoms with E-state index in [0.717, 1.165) is 47.3 Å². The minimum Gasteiger partial charge on any atom is -0.396 e. The second-order valence-electron chi connectivity index (χ2n) is 5.02. The molecule has 4 N–H and O–H groups in total. The number of aryl methyl sites for hydroxylation is 1. The van der Waals surface area contributed by atoms with Gasteiger partial charge in [-0.15, -0.1) is 11.3 Å². The second kappa shape index (κ2) is 6.85. The maximum absolute atomic E-state index is 9.19. The third kappa shape index (κ3) is 3.37. The summed E-state index contributed by atoms with van der Waals surface area (Å²) in [6.07, 6.45) is 4.01. The molecule has 2 aromatic rings. The van der Waals surface area contributed by atoms with Crippen LogP contribution in [-0.2, 0) is 0 Å². The first-order valence-electron chi connectivity index (χ1n) is 7.04. The Hall–Kier alpha value is -1.40. The first-order chi connectivity index (χ1) is 9.65. The molecule has 0 aliphatic carbocycles. The van der Waals surface area contributed by atoms with Crippen molar-refractivity contribution in [1.82, 2.24) is 9.97 Å². The van der Waals surface area contributed by atoms with Gasteiger partial charge in [0.15, 0.2) is 0 Å². The summed E-state index contributed by atoms with van der Waals surface area (Å²) in [6.45, 7) is 4.37. The molecule has 0 fully saturated rings. The van der Waals surface area contributed by atoms with E-state index in [1.807, 2.05) is 6.92 Å². The molecule has 0 bridgehead atoms. The summed E-state index contributed by atoms with van der Waals surface area (Å²) >= 11 is 1.63. The van der Waals surface area contributed by atoms with Crippen molar-refractivity contribution in [3.8, 4) is 0 Å². The summed E-state index contributed by atoms with van der Waals surface area (Å²) in [5.41, 5.74) is 7.84. The Morgan fingerprint density at radius 2 is 2.20 bits per heavy atom. The highest BCUT2D eigenvalue weighted by Gasteiger charge is 2.14. The standard InChI is InChI=1S/C14H22N4OS/c1-3-4-5-10(6-7-19)16-13-12-11(9(2)8-20-12)17-14(15)18-13/h8,10,19H,3-7H2,1-2H3,(H3,15,16,17,18)/t10-/m0/s1. The number of nitrogen functional groups attached to an aromatic ring is 1. The Labute approximate surface area is 123 Å². The number of aliphatic hydroxyl groups excluding tert-OH is 1. The van der Waals surface area contributed by atoms with Gasteiger partial charge in [0, 0.05) is 12.6 Å². The molecule has 2 heterocycles. The molecule has 0 radical (unpaired) electrons. The summed E-state index contributed by atoms with van der Waals surface area (Å²) in [6, 6.07) is 0.222. The highest BCUT2D eigenvalue weighted by Crippen LogP contribution is 2.30. The first-order valence-corrected chi connectivity index (χ1v) is 7.92. The van der Waals surface area contributed by atoms with Gasteiger partial charge in [-0.05, 0) is 30.7 Å². The van der Waals surface area contributed by atoms with Crippen LogP contribution in [0.25, 0.3) is 10.2 Å². The van der Waals surface area contributed by atoms with Crippen LogP contribution in [-0.4, -0.2) is 27.7 Å². The fourth-order valence-electron chi connectivity index (χ4n) is 2.24. The van der Waals surface area contributed by atoms with Gasteiger partial charge in [0.2, 0.25) is 5.95 Å². The first kappa shape index (κ1) is 15.0. The van der Waals surface area contributed by atoms with E-state index in [4.69, 9.17) is 5.73 Å².